The third kappa shape index (κ3) is 5.98. The Morgan fingerprint density at radius 1 is 1.04 bits per heavy atom. The predicted octanol–water partition coefficient (Wildman–Crippen LogP) is 5.07. The number of pyridine rings is 1. The zero-order chi connectivity index (χ0) is 19.1. The number of aromatic nitrogens is 1. The maximum atomic E-state index is 12.6. The van der Waals surface area contributed by atoms with E-state index in [0.29, 0.717) is 5.69 Å². The number of hydrogen-bond acceptors (Lipinski definition) is 4. The molecular formula is C22H29N3O2. The quantitative estimate of drug-likeness (QED) is 0.700. The van der Waals surface area contributed by atoms with Gasteiger partial charge in [0.25, 0.3) is 5.91 Å². The number of nitrogens with one attached hydrogen (secondary N) is 2. The predicted molar refractivity (Wildman–Crippen MR) is 109 cm³/mol. The molecule has 1 fully saturated rings. The van der Waals surface area contributed by atoms with Crippen LogP contribution in [0.2, 0.25) is 0 Å². The summed E-state index contributed by atoms with van der Waals surface area (Å²) in [5.74, 6) is 0.750. The fourth-order valence-corrected chi connectivity index (χ4v) is 3.37. The number of hydrogen-bond donors (Lipinski definition) is 2. The van der Waals surface area contributed by atoms with E-state index in [1.165, 1.54) is 25.7 Å². The fraction of sp³-hybridized carbons (Fsp3) is 0.455. The van der Waals surface area contributed by atoms with Crippen molar-refractivity contribution < 1.29 is 9.53 Å². The summed E-state index contributed by atoms with van der Waals surface area (Å²) < 4.78 is 5.66. The second kappa shape index (κ2) is 9.40. The highest BCUT2D eigenvalue weighted by molar-refractivity contribution is 5.93. The molecule has 1 aliphatic carbocycles. The van der Waals surface area contributed by atoms with Crippen LogP contribution >= 0.6 is 0 Å². The molecule has 5 nitrogen and oxygen atoms in total. The summed E-state index contributed by atoms with van der Waals surface area (Å²) in [6, 6.07) is 11.7. The van der Waals surface area contributed by atoms with Gasteiger partial charge in [-0.2, -0.15) is 0 Å². The van der Waals surface area contributed by atoms with Crippen LogP contribution in [0.1, 0.15) is 62.9 Å². The van der Waals surface area contributed by atoms with Gasteiger partial charge >= 0.3 is 0 Å². The normalized spacial score (nSPS) is 15.2. The van der Waals surface area contributed by atoms with E-state index >= 15 is 0 Å². The third-order valence-corrected chi connectivity index (χ3v) is 4.70. The molecule has 3 rings (SSSR count). The fourth-order valence-electron chi connectivity index (χ4n) is 3.37. The first-order chi connectivity index (χ1) is 13.1. The van der Waals surface area contributed by atoms with Crippen molar-refractivity contribution in [3.05, 3.63) is 48.3 Å². The summed E-state index contributed by atoms with van der Waals surface area (Å²) in [5, 5.41) is 6.46. The molecule has 0 unspecified atom stereocenters. The molecule has 0 atom stereocenters. The Hall–Kier alpha value is -2.56. The number of anilines is 2. The standard InChI is InChI=1S/C22H29N3O2/c1-16(2)27-20-11-9-18(10-12-20)24-19-13-14-23-21(15-19)22(26)25-17-7-5-3-4-6-8-17/h9-17H,3-8H2,1-2H3,(H,23,24)(H,25,26). The molecule has 1 aromatic heterocycles. The van der Waals surface area contributed by atoms with Crippen molar-refractivity contribution in [2.45, 2.75) is 64.5 Å². The largest absolute Gasteiger partial charge is 0.491 e. The minimum atomic E-state index is -0.0915. The Morgan fingerprint density at radius 2 is 1.74 bits per heavy atom. The molecule has 0 aliphatic heterocycles. The van der Waals surface area contributed by atoms with Crippen LogP contribution in [-0.4, -0.2) is 23.0 Å². The van der Waals surface area contributed by atoms with Crippen LogP contribution in [0.4, 0.5) is 11.4 Å². The highest BCUT2D eigenvalue weighted by Crippen LogP contribution is 2.21. The summed E-state index contributed by atoms with van der Waals surface area (Å²) in [6.07, 6.45) is 8.87. The molecule has 5 heteroatoms. The Kier molecular flexibility index (Phi) is 6.69. The summed E-state index contributed by atoms with van der Waals surface area (Å²) in [6.45, 7) is 4.01. The lowest BCUT2D eigenvalue weighted by molar-refractivity contribution is 0.0928. The molecule has 2 aromatic rings. The van der Waals surface area contributed by atoms with E-state index < -0.39 is 0 Å². The lowest BCUT2D eigenvalue weighted by Crippen LogP contribution is -2.34. The highest BCUT2D eigenvalue weighted by atomic mass is 16.5. The smallest absolute Gasteiger partial charge is 0.270 e. The first-order valence-electron chi connectivity index (χ1n) is 9.91. The number of rotatable bonds is 6. The van der Waals surface area contributed by atoms with Gasteiger partial charge in [0.2, 0.25) is 0 Å². The van der Waals surface area contributed by atoms with Crippen molar-refractivity contribution in [1.82, 2.24) is 10.3 Å². The molecule has 1 aliphatic rings. The van der Waals surface area contributed by atoms with Gasteiger partial charge < -0.3 is 15.4 Å². The van der Waals surface area contributed by atoms with Crippen LogP contribution in [0.25, 0.3) is 0 Å². The molecule has 0 spiro atoms. The van der Waals surface area contributed by atoms with Crippen LogP contribution in [0.3, 0.4) is 0 Å². The van der Waals surface area contributed by atoms with Gasteiger partial charge in [0.15, 0.2) is 0 Å². The van der Waals surface area contributed by atoms with Crippen LogP contribution < -0.4 is 15.4 Å². The number of ether oxygens (including phenoxy) is 1. The van der Waals surface area contributed by atoms with Crippen molar-refractivity contribution in [3.8, 4) is 5.75 Å². The number of benzene rings is 1. The minimum Gasteiger partial charge on any atom is -0.491 e. The molecule has 0 saturated heterocycles. The van der Waals surface area contributed by atoms with Gasteiger partial charge in [0, 0.05) is 23.6 Å². The van der Waals surface area contributed by atoms with Crippen molar-refractivity contribution in [2.24, 2.45) is 0 Å². The first-order valence-corrected chi connectivity index (χ1v) is 9.91. The van der Waals surface area contributed by atoms with Crippen LogP contribution in [0.15, 0.2) is 42.6 Å². The molecule has 2 N–H and O–H groups in total. The summed E-state index contributed by atoms with van der Waals surface area (Å²) in [5.41, 5.74) is 2.23. The molecule has 0 radical (unpaired) electrons. The number of amides is 1. The van der Waals surface area contributed by atoms with E-state index in [-0.39, 0.29) is 18.1 Å². The summed E-state index contributed by atoms with van der Waals surface area (Å²) in [7, 11) is 0. The van der Waals surface area contributed by atoms with E-state index in [2.05, 4.69) is 15.6 Å². The SMILES string of the molecule is CC(C)Oc1ccc(Nc2ccnc(C(=O)NC3CCCCCC3)c2)cc1. The van der Waals surface area contributed by atoms with Crippen LogP contribution in [0.5, 0.6) is 5.75 Å². The second-order valence-corrected chi connectivity index (χ2v) is 7.41. The van der Waals surface area contributed by atoms with E-state index in [1.54, 1.807) is 12.3 Å². The average molecular weight is 367 g/mol. The topological polar surface area (TPSA) is 63.2 Å². The van der Waals surface area contributed by atoms with Crippen LogP contribution in [0, 0.1) is 0 Å². The Labute approximate surface area is 161 Å². The Balaban J connectivity index is 1.61. The molecule has 144 valence electrons. The maximum Gasteiger partial charge on any atom is 0.270 e. The van der Waals surface area contributed by atoms with E-state index in [0.717, 1.165) is 30.0 Å². The van der Waals surface area contributed by atoms with Gasteiger partial charge in [0.05, 0.1) is 6.10 Å². The maximum absolute atomic E-state index is 12.6. The minimum absolute atomic E-state index is 0.0915. The van der Waals surface area contributed by atoms with Crippen LogP contribution in [-0.2, 0) is 0 Å². The van der Waals surface area contributed by atoms with Gasteiger partial charge in [-0.3, -0.25) is 9.78 Å². The van der Waals surface area contributed by atoms with Gasteiger partial charge in [-0.15, -0.1) is 0 Å². The Morgan fingerprint density at radius 3 is 2.41 bits per heavy atom. The second-order valence-electron chi connectivity index (χ2n) is 7.41. The highest BCUT2D eigenvalue weighted by Gasteiger charge is 2.16. The monoisotopic (exact) mass is 367 g/mol. The summed E-state index contributed by atoms with van der Waals surface area (Å²) in [4.78, 5) is 16.8. The van der Waals surface area contributed by atoms with E-state index in [4.69, 9.17) is 4.74 Å². The number of carbonyl (C=O) groups is 1. The molecule has 0 bridgehead atoms. The third-order valence-electron chi connectivity index (χ3n) is 4.70. The molecule has 1 saturated carbocycles. The van der Waals surface area contributed by atoms with E-state index in [1.807, 2.05) is 44.2 Å². The first kappa shape index (κ1) is 19.2. The molecule has 1 amide bonds. The van der Waals surface area contributed by atoms with Crippen molar-refractivity contribution in [3.63, 3.8) is 0 Å². The average Bonchev–Trinajstić information content (AvgIpc) is 2.92. The zero-order valence-electron chi connectivity index (χ0n) is 16.2. The Bertz CT molecular complexity index is 735. The molecule has 27 heavy (non-hydrogen) atoms. The van der Waals surface area contributed by atoms with Gasteiger partial charge in [-0.1, -0.05) is 25.7 Å². The van der Waals surface area contributed by atoms with Crippen molar-refractivity contribution >= 4 is 17.3 Å². The van der Waals surface area contributed by atoms with Gasteiger partial charge in [-0.25, -0.2) is 0 Å². The van der Waals surface area contributed by atoms with Crippen molar-refractivity contribution in [2.75, 3.05) is 5.32 Å². The molecule has 1 aromatic carbocycles. The summed E-state index contributed by atoms with van der Waals surface area (Å²) >= 11 is 0. The van der Waals surface area contributed by atoms with Gasteiger partial charge in [0.1, 0.15) is 11.4 Å². The lowest BCUT2D eigenvalue weighted by Gasteiger charge is -2.16. The van der Waals surface area contributed by atoms with E-state index in [9.17, 15) is 4.79 Å². The molecular weight excluding hydrogens is 338 g/mol. The lowest BCUT2D eigenvalue weighted by atomic mass is 10.1. The zero-order valence-corrected chi connectivity index (χ0v) is 16.2. The van der Waals surface area contributed by atoms with Gasteiger partial charge in [-0.05, 0) is 63.1 Å². The number of nitrogens with zero attached hydrogens (tertiary/aromatic N) is 1. The number of carbonyl (C=O) groups excluding carboxylic acids is 1. The van der Waals surface area contributed by atoms with Crippen molar-refractivity contribution in [1.29, 1.82) is 0 Å². The molecule has 1 heterocycles.